The number of hydrogen-bond donors (Lipinski definition) is 1. The molecule has 4 fully saturated rings. The third-order valence-corrected chi connectivity index (χ3v) is 17.9. The van der Waals surface area contributed by atoms with Gasteiger partial charge in [0.05, 0.1) is 11.0 Å². The minimum atomic E-state index is -0.995. The molecule has 3 saturated heterocycles. The number of rotatable bonds is 5. The molecule has 1 saturated carbocycles. The summed E-state index contributed by atoms with van der Waals surface area (Å²) < 4.78 is 14.2. The largest absolute Gasteiger partial charge is 0.449 e. The van der Waals surface area contributed by atoms with Crippen LogP contribution in [0.1, 0.15) is 117 Å². The first-order chi connectivity index (χ1) is 29.3. The average molecular weight is 806 g/mol. The number of ether oxygens (including phenoxy) is 2. The van der Waals surface area contributed by atoms with Crippen molar-refractivity contribution in [3.63, 3.8) is 0 Å². The Hall–Kier alpha value is -3.94. The van der Waals surface area contributed by atoms with Crippen molar-refractivity contribution in [1.82, 2.24) is 9.80 Å². The topological polar surface area (TPSA) is 85.1 Å². The summed E-state index contributed by atoms with van der Waals surface area (Å²) in [6, 6.07) is 16.2. The molecule has 2 N–H and O–H groups in total. The van der Waals surface area contributed by atoms with Crippen LogP contribution in [-0.4, -0.2) is 60.5 Å². The van der Waals surface area contributed by atoms with E-state index in [9.17, 15) is 4.79 Å². The van der Waals surface area contributed by atoms with Gasteiger partial charge in [-0.15, -0.1) is 0 Å². The predicted octanol–water partition coefficient (Wildman–Crippen LogP) is 8.97. The minimum absolute atomic E-state index is 0.0968. The summed E-state index contributed by atoms with van der Waals surface area (Å²) >= 11 is 0. The summed E-state index contributed by atoms with van der Waals surface area (Å²) in [5.74, 6) is 2.62. The van der Waals surface area contributed by atoms with Crippen LogP contribution in [-0.2, 0) is 39.1 Å². The van der Waals surface area contributed by atoms with E-state index in [1.165, 1.54) is 40.0 Å². The van der Waals surface area contributed by atoms with E-state index >= 15 is 4.79 Å². The van der Waals surface area contributed by atoms with Crippen LogP contribution in [0.4, 0.5) is 0 Å². The van der Waals surface area contributed by atoms with Gasteiger partial charge in [0, 0.05) is 55.3 Å². The number of benzene rings is 2. The third kappa shape index (κ3) is 4.85. The second kappa shape index (κ2) is 13.8. The van der Waals surface area contributed by atoms with Crippen LogP contribution in [0.2, 0.25) is 0 Å². The van der Waals surface area contributed by atoms with Crippen LogP contribution in [0, 0.1) is 46.3 Å². The molecule has 11 atom stereocenters. The summed E-state index contributed by atoms with van der Waals surface area (Å²) in [5.41, 5.74) is 14.5. The molecule has 7 nitrogen and oxygen atoms in total. The number of nitrogens with zero attached hydrogens (tertiary/aromatic N) is 2. The first-order valence-electron chi connectivity index (χ1n) is 24.0. The zero-order chi connectivity index (χ0) is 40.5. The lowest BCUT2D eigenvalue weighted by molar-refractivity contribution is -0.275. The molecule has 7 heteroatoms. The van der Waals surface area contributed by atoms with Crippen molar-refractivity contribution >= 4 is 11.9 Å². The molecule has 13 bridgehead atoms. The van der Waals surface area contributed by atoms with Gasteiger partial charge in [0.2, 0.25) is 0 Å². The number of nitrogens with two attached hydrogens (primary N) is 1. The number of fused-ring (bicyclic) bond motifs is 6. The highest BCUT2D eigenvalue weighted by atomic mass is 16.6. The SMILES string of the molecule is CCC[C@H]1CC=C2OC(=O)[C@@]34C5=C6CC[C@@]23[C@]2(OC(=O)c3c(CCCN)cccc32)[C@H]4CCCCc2cccc(c2)CC(=C5)[C@H]2[C@@H]6C(=CC[C@H]2C)N2C[C@H]3C[C@@H](C2)CN1C3. The predicted molar refractivity (Wildman–Crippen MR) is 232 cm³/mol. The van der Waals surface area contributed by atoms with Crippen LogP contribution >= 0.6 is 0 Å². The molecule has 314 valence electrons. The van der Waals surface area contributed by atoms with Crippen molar-refractivity contribution in [3.05, 3.63) is 117 Å². The molecule has 0 amide bonds. The van der Waals surface area contributed by atoms with Gasteiger partial charge in [-0.05, 0) is 136 Å². The van der Waals surface area contributed by atoms with E-state index in [0.717, 1.165) is 132 Å². The first kappa shape index (κ1) is 37.8. The molecular formula is C53H63N3O4. The normalized spacial score (nSPS) is 39.4. The van der Waals surface area contributed by atoms with Crippen LogP contribution in [0.25, 0.3) is 0 Å². The van der Waals surface area contributed by atoms with E-state index in [4.69, 9.17) is 15.2 Å². The number of esters is 2. The van der Waals surface area contributed by atoms with E-state index in [0.29, 0.717) is 36.3 Å². The van der Waals surface area contributed by atoms with Gasteiger partial charge in [-0.25, -0.2) is 4.79 Å². The zero-order valence-corrected chi connectivity index (χ0v) is 35.9. The Morgan fingerprint density at radius 2 is 1.78 bits per heavy atom. The molecule has 3 spiro atoms. The number of carbonyl (C=O) groups is 2. The van der Waals surface area contributed by atoms with Gasteiger partial charge in [-0.1, -0.05) is 92.5 Å². The lowest BCUT2D eigenvalue weighted by Crippen LogP contribution is -2.77. The molecule has 60 heavy (non-hydrogen) atoms. The van der Waals surface area contributed by atoms with Crippen LogP contribution in [0.3, 0.4) is 0 Å². The lowest BCUT2D eigenvalue weighted by Gasteiger charge is -2.71. The summed E-state index contributed by atoms with van der Waals surface area (Å²) in [6.07, 6.45) is 20.8. The maximum atomic E-state index is 15.9. The quantitative estimate of drug-likeness (QED) is 0.302. The molecule has 1 unspecified atom stereocenters. The number of piperidine rings is 2. The van der Waals surface area contributed by atoms with Gasteiger partial charge in [-0.2, -0.15) is 0 Å². The fourth-order valence-electron chi connectivity index (χ4n) is 16.0. The molecule has 8 aliphatic heterocycles. The smallest absolute Gasteiger partial charge is 0.339 e. The van der Waals surface area contributed by atoms with E-state index in [1.54, 1.807) is 0 Å². The van der Waals surface area contributed by atoms with Gasteiger partial charge in [0.1, 0.15) is 11.2 Å². The Kier molecular flexibility index (Phi) is 8.68. The van der Waals surface area contributed by atoms with Crippen LogP contribution < -0.4 is 5.73 Å². The Labute approximate surface area is 356 Å². The Balaban J connectivity index is 1.15. The molecule has 15 rings (SSSR count). The van der Waals surface area contributed by atoms with Crippen molar-refractivity contribution in [2.45, 2.75) is 115 Å². The van der Waals surface area contributed by atoms with Crippen LogP contribution in [0.5, 0.6) is 0 Å². The van der Waals surface area contributed by atoms with Gasteiger partial charge >= 0.3 is 11.9 Å². The fourth-order valence-corrected chi connectivity index (χ4v) is 16.0. The molecule has 0 radical (unpaired) electrons. The number of hydrogen-bond acceptors (Lipinski definition) is 7. The van der Waals surface area contributed by atoms with Crippen molar-refractivity contribution < 1.29 is 19.1 Å². The second-order valence-corrected chi connectivity index (χ2v) is 20.8. The molecule has 13 aliphatic rings. The monoisotopic (exact) mass is 805 g/mol. The third-order valence-electron chi connectivity index (χ3n) is 17.9. The second-order valence-electron chi connectivity index (χ2n) is 20.8. The Bertz CT molecular complexity index is 2290. The van der Waals surface area contributed by atoms with E-state index in [1.807, 2.05) is 0 Å². The van der Waals surface area contributed by atoms with Crippen molar-refractivity contribution in [3.8, 4) is 0 Å². The van der Waals surface area contributed by atoms with Crippen LogP contribution in [0.15, 0.2) is 88.9 Å². The standard InChI is InChI=1S/C53H63N3O4/c1-3-9-39-18-20-45-51-22-21-40-42-27-38(46-32(2)17-19-43(48(40)46)56-30-35-25-36(31-56)29-55(39)28-35)26-34-12-6-11-33(24-34)10-4-5-16-44(52(42,51)50(58)59-45)53(51)41-15-7-13-37(14-8-23-54)47(41)49(57)60-53/h6-7,11-13,15,19-20,24,27,32,35-36,39,44,46,48H,3-5,8-10,14,16-18,21-23,25-26,28-31,54H2,1-2H3/t32-,35-,36+,39+,44+,46+,48+,51-,52+,53-/m1/s1. The maximum absolute atomic E-state index is 15.9. The van der Waals surface area contributed by atoms with Gasteiger partial charge in [0.25, 0.3) is 0 Å². The van der Waals surface area contributed by atoms with E-state index in [2.05, 4.69) is 84.3 Å². The fraction of sp³-hybridized carbons (Fsp3) is 0.585. The molecule has 5 aliphatic carbocycles. The Morgan fingerprint density at radius 3 is 2.62 bits per heavy atom. The summed E-state index contributed by atoms with van der Waals surface area (Å²) in [7, 11) is 0. The Morgan fingerprint density at radius 1 is 0.950 bits per heavy atom. The highest BCUT2D eigenvalue weighted by molar-refractivity contribution is 6.00. The van der Waals surface area contributed by atoms with Crippen molar-refractivity contribution in [2.24, 2.45) is 52.1 Å². The van der Waals surface area contributed by atoms with Gasteiger partial charge in [-0.3, -0.25) is 9.69 Å². The summed E-state index contributed by atoms with van der Waals surface area (Å²) in [6.45, 7) is 9.88. The molecule has 8 heterocycles. The van der Waals surface area contributed by atoms with Crippen molar-refractivity contribution in [1.29, 1.82) is 0 Å². The highest BCUT2D eigenvalue weighted by Gasteiger charge is 2.92. The number of aryl methyl sites for hydroxylation is 2. The van der Waals surface area contributed by atoms with Gasteiger partial charge < -0.3 is 20.1 Å². The van der Waals surface area contributed by atoms with E-state index < -0.39 is 16.4 Å². The van der Waals surface area contributed by atoms with E-state index in [-0.39, 0.29) is 23.8 Å². The minimum Gasteiger partial charge on any atom is -0.449 e. The molecular weight excluding hydrogens is 743 g/mol. The molecule has 2 aromatic rings. The molecule has 2 aromatic carbocycles. The zero-order valence-electron chi connectivity index (χ0n) is 35.9. The summed E-state index contributed by atoms with van der Waals surface area (Å²) in [5, 5.41) is 0. The first-order valence-corrected chi connectivity index (χ1v) is 24.0. The number of carbonyl (C=O) groups excluding carboxylic acids is 2. The molecule has 0 aromatic heterocycles. The summed E-state index contributed by atoms with van der Waals surface area (Å²) in [4.78, 5) is 36.3. The van der Waals surface area contributed by atoms with Crippen molar-refractivity contribution in [2.75, 3.05) is 32.7 Å². The average Bonchev–Trinajstić information content (AvgIpc) is 3.69. The maximum Gasteiger partial charge on any atom is 0.339 e. The highest BCUT2D eigenvalue weighted by Crippen LogP contribution is 2.87. The lowest BCUT2D eigenvalue weighted by atomic mass is 9.29. The van der Waals surface area contributed by atoms with Gasteiger partial charge in [0.15, 0.2) is 5.60 Å². The number of allylic oxidation sites excluding steroid dienone is 4.